The van der Waals surface area contributed by atoms with Crippen molar-refractivity contribution in [2.24, 2.45) is 0 Å². The van der Waals surface area contributed by atoms with Gasteiger partial charge in [0.25, 0.3) is 0 Å². The smallest absolute Gasteiger partial charge is 0.309 e. The lowest BCUT2D eigenvalue weighted by atomic mass is 9.85. The van der Waals surface area contributed by atoms with Crippen molar-refractivity contribution in [1.29, 1.82) is 0 Å². The maximum absolute atomic E-state index is 12.2. The zero-order chi connectivity index (χ0) is 42.4. The first-order valence-corrected chi connectivity index (χ1v) is 20.7. The van der Waals surface area contributed by atoms with E-state index in [9.17, 15) is 9.59 Å². The van der Waals surface area contributed by atoms with Gasteiger partial charge < -0.3 is 19.3 Å². The molecular formula is C56H44N2O4. The number of esters is 2. The van der Waals surface area contributed by atoms with Crippen molar-refractivity contribution in [3.8, 4) is 22.3 Å². The van der Waals surface area contributed by atoms with Crippen LogP contribution in [0.2, 0.25) is 0 Å². The maximum atomic E-state index is 12.2. The highest BCUT2D eigenvalue weighted by atomic mass is 16.5. The number of carbonyl (C=O) groups excluding carboxylic acids is 2. The number of methoxy groups -OCH3 is 2. The summed E-state index contributed by atoms with van der Waals surface area (Å²) >= 11 is 0. The second kappa shape index (κ2) is 17.7. The summed E-state index contributed by atoms with van der Waals surface area (Å²) in [4.78, 5) is 28.9. The first kappa shape index (κ1) is 39.5. The number of rotatable bonds is 12. The van der Waals surface area contributed by atoms with Gasteiger partial charge in [0, 0.05) is 34.1 Å². The highest BCUT2D eigenvalue weighted by molar-refractivity contribution is 6.22. The zero-order valence-corrected chi connectivity index (χ0v) is 34.6. The van der Waals surface area contributed by atoms with Crippen LogP contribution in [0.1, 0.15) is 11.1 Å². The van der Waals surface area contributed by atoms with Gasteiger partial charge >= 0.3 is 11.9 Å². The molecule has 0 unspecified atom stereocenters. The number of hydrogen-bond acceptors (Lipinski definition) is 6. The summed E-state index contributed by atoms with van der Waals surface area (Å²) in [5.74, 6) is -0.549. The Kier molecular flexibility index (Phi) is 11.3. The fourth-order valence-corrected chi connectivity index (χ4v) is 8.36. The molecule has 0 saturated carbocycles. The number of hydrogen-bond donors (Lipinski definition) is 0. The SMILES string of the molecule is COC(=O)Cc1ccc(-c2c3ccccc3c(-c3ccc(CC(=O)OC)cc3)c3cc(N(c4ccccc4)c4ccc(N(c5ccccc5)c5ccccc5)cc4)ccc23)cc1. The molecule has 0 saturated heterocycles. The van der Waals surface area contributed by atoms with Crippen molar-refractivity contribution in [2.75, 3.05) is 24.0 Å². The predicted molar refractivity (Wildman–Crippen MR) is 253 cm³/mol. The third-order valence-electron chi connectivity index (χ3n) is 11.3. The van der Waals surface area contributed by atoms with E-state index in [4.69, 9.17) is 9.47 Å². The maximum Gasteiger partial charge on any atom is 0.309 e. The summed E-state index contributed by atoms with van der Waals surface area (Å²) in [5.41, 5.74) is 12.3. The van der Waals surface area contributed by atoms with Gasteiger partial charge in [-0.05, 0) is 128 Å². The standard InChI is InChI=1S/C56H44N2O4/c1-61-53(59)36-39-22-26-41(27-23-39)55-49-20-12-13-21-50(49)56(42-28-24-40(25-29-42)37-54(60)62-2)52-38-48(34-35-51(52)55)58(45-18-10-5-11-19-45)47-32-30-46(31-33-47)57(43-14-6-3-7-15-43)44-16-8-4-9-17-44/h3-35,38H,36-37H2,1-2H3. The van der Waals surface area contributed by atoms with Crippen molar-refractivity contribution >= 4 is 67.6 Å². The summed E-state index contributed by atoms with van der Waals surface area (Å²) < 4.78 is 9.92. The lowest BCUT2D eigenvalue weighted by molar-refractivity contribution is -0.140. The van der Waals surface area contributed by atoms with Gasteiger partial charge in [0.15, 0.2) is 0 Å². The molecule has 0 spiro atoms. The van der Waals surface area contributed by atoms with Crippen LogP contribution in [0.4, 0.5) is 34.1 Å². The Bertz CT molecular complexity index is 2950. The van der Waals surface area contributed by atoms with Crippen LogP contribution in [-0.4, -0.2) is 26.2 Å². The minimum atomic E-state index is -0.276. The van der Waals surface area contributed by atoms with E-state index in [1.54, 1.807) is 0 Å². The molecule has 62 heavy (non-hydrogen) atoms. The quantitative estimate of drug-likeness (QED) is 0.0905. The molecule has 0 aromatic heterocycles. The molecule has 0 aliphatic heterocycles. The molecule has 6 heteroatoms. The van der Waals surface area contributed by atoms with E-state index < -0.39 is 0 Å². The molecule has 9 aromatic carbocycles. The average Bonchev–Trinajstić information content (AvgIpc) is 3.33. The first-order valence-electron chi connectivity index (χ1n) is 20.7. The van der Waals surface area contributed by atoms with E-state index in [-0.39, 0.29) is 24.8 Å². The molecule has 0 radical (unpaired) electrons. The van der Waals surface area contributed by atoms with Crippen molar-refractivity contribution in [2.45, 2.75) is 12.8 Å². The lowest BCUT2D eigenvalue weighted by Crippen LogP contribution is -2.12. The number of carbonyl (C=O) groups is 2. The van der Waals surface area contributed by atoms with Crippen LogP contribution in [-0.2, 0) is 31.9 Å². The number of anilines is 6. The fraction of sp³-hybridized carbons (Fsp3) is 0.0714. The number of nitrogens with zero attached hydrogens (tertiary/aromatic N) is 2. The molecule has 0 heterocycles. The first-order chi connectivity index (χ1) is 30.5. The molecule has 0 bridgehead atoms. The van der Waals surface area contributed by atoms with Crippen molar-refractivity contribution in [3.05, 3.63) is 217 Å². The van der Waals surface area contributed by atoms with E-state index in [0.29, 0.717) is 0 Å². The van der Waals surface area contributed by atoms with Crippen LogP contribution in [0.15, 0.2) is 206 Å². The van der Waals surface area contributed by atoms with Gasteiger partial charge in [-0.2, -0.15) is 0 Å². The monoisotopic (exact) mass is 808 g/mol. The van der Waals surface area contributed by atoms with Crippen molar-refractivity contribution < 1.29 is 19.1 Å². The molecule has 0 aliphatic rings. The van der Waals surface area contributed by atoms with Crippen LogP contribution in [0.3, 0.4) is 0 Å². The van der Waals surface area contributed by atoms with E-state index >= 15 is 0 Å². The molecule has 6 nitrogen and oxygen atoms in total. The second-order valence-electron chi connectivity index (χ2n) is 15.1. The third kappa shape index (κ3) is 8.02. The third-order valence-corrected chi connectivity index (χ3v) is 11.3. The number of para-hydroxylation sites is 3. The van der Waals surface area contributed by atoms with Crippen LogP contribution in [0.5, 0.6) is 0 Å². The summed E-state index contributed by atoms with van der Waals surface area (Å²) in [7, 11) is 2.83. The van der Waals surface area contributed by atoms with Gasteiger partial charge in [0.1, 0.15) is 0 Å². The Balaban J connectivity index is 1.23. The molecule has 0 aliphatic carbocycles. The second-order valence-corrected chi connectivity index (χ2v) is 15.1. The number of ether oxygens (including phenoxy) is 2. The highest BCUT2D eigenvalue weighted by Crippen LogP contribution is 2.47. The summed E-state index contributed by atoms with van der Waals surface area (Å²) in [6.45, 7) is 0. The average molecular weight is 809 g/mol. The molecule has 9 aromatic rings. The Morgan fingerprint density at radius 3 is 1.08 bits per heavy atom. The van der Waals surface area contributed by atoms with E-state index in [0.717, 1.165) is 89.0 Å². The van der Waals surface area contributed by atoms with Crippen LogP contribution in [0, 0.1) is 0 Å². The molecule has 9 rings (SSSR count). The van der Waals surface area contributed by atoms with Crippen LogP contribution >= 0.6 is 0 Å². The molecule has 0 amide bonds. The number of fused-ring (bicyclic) bond motifs is 2. The van der Waals surface area contributed by atoms with E-state index in [2.05, 4.69) is 174 Å². The largest absolute Gasteiger partial charge is 0.469 e. The fourth-order valence-electron chi connectivity index (χ4n) is 8.36. The van der Waals surface area contributed by atoms with Crippen LogP contribution < -0.4 is 9.80 Å². The molecule has 302 valence electrons. The summed E-state index contributed by atoms with van der Waals surface area (Å²) in [6.07, 6.45) is 0.409. The van der Waals surface area contributed by atoms with Gasteiger partial charge in [-0.1, -0.05) is 133 Å². The summed E-state index contributed by atoms with van der Waals surface area (Å²) in [5, 5.41) is 4.38. The minimum absolute atomic E-state index is 0.201. The molecule has 0 atom stereocenters. The minimum Gasteiger partial charge on any atom is -0.469 e. The van der Waals surface area contributed by atoms with Crippen LogP contribution in [0.25, 0.3) is 43.8 Å². The van der Waals surface area contributed by atoms with E-state index in [1.807, 2.05) is 42.5 Å². The Hall–Kier alpha value is -7.96. The Morgan fingerprint density at radius 2 is 0.677 bits per heavy atom. The van der Waals surface area contributed by atoms with Gasteiger partial charge in [0.05, 0.1) is 27.1 Å². The molecular weight excluding hydrogens is 765 g/mol. The van der Waals surface area contributed by atoms with Gasteiger partial charge in [-0.3, -0.25) is 9.59 Å². The lowest BCUT2D eigenvalue weighted by Gasteiger charge is -2.29. The van der Waals surface area contributed by atoms with Crippen molar-refractivity contribution in [3.63, 3.8) is 0 Å². The van der Waals surface area contributed by atoms with Gasteiger partial charge in [-0.15, -0.1) is 0 Å². The molecule has 0 N–H and O–H groups in total. The van der Waals surface area contributed by atoms with Gasteiger partial charge in [-0.25, -0.2) is 0 Å². The zero-order valence-electron chi connectivity index (χ0n) is 34.6. The molecule has 0 fully saturated rings. The topological polar surface area (TPSA) is 59.1 Å². The highest BCUT2D eigenvalue weighted by Gasteiger charge is 2.21. The Labute approximate surface area is 361 Å². The van der Waals surface area contributed by atoms with Gasteiger partial charge in [0.2, 0.25) is 0 Å². The Morgan fingerprint density at radius 1 is 0.355 bits per heavy atom. The predicted octanol–water partition coefficient (Wildman–Crippen LogP) is 13.7. The van der Waals surface area contributed by atoms with Crippen molar-refractivity contribution in [1.82, 2.24) is 0 Å². The number of benzene rings is 9. The van der Waals surface area contributed by atoms with E-state index in [1.165, 1.54) is 14.2 Å². The summed E-state index contributed by atoms with van der Waals surface area (Å²) in [6, 6.07) is 71.8. The normalized spacial score (nSPS) is 11.0.